The van der Waals surface area contributed by atoms with Crippen molar-refractivity contribution in [3.05, 3.63) is 0 Å². The normalized spacial score (nSPS) is 28.5. The molecule has 1 saturated carbocycles. The molecule has 0 spiro atoms. The van der Waals surface area contributed by atoms with Gasteiger partial charge in [0.2, 0.25) is 5.91 Å². The minimum absolute atomic E-state index is 0.243. The zero-order chi connectivity index (χ0) is 13.7. The molecule has 1 heterocycles. The highest BCUT2D eigenvalue weighted by Gasteiger charge is 2.27. The maximum atomic E-state index is 12.2. The number of carbonyl (C=O) groups is 1. The third kappa shape index (κ3) is 4.46. The van der Waals surface area contributed by atoms with Gasteiger partial charge in [-0.1, -0.05) is 6.42 Å². The van der Waals surface area contributed by atoms with E-state index in [4.69, 9.17) is 10.5 Å². The Bertz CT molecular complexity index is 290. The maximum Gasteiger partial charge on any atom is 0.222 e. The first kappa shape index (κ1) is 14.8. The van der Waals surface area contributed by atoms with E-state index in [-0.39, 0.29) is 11.9 Å². The number of nitrogens with two attached hydrogens (primary N) is 1. The molecule has 0 unspecified atom stereocenters. The van der Waals surface area contributed by atoms with Crippen molar-refractivity contribution in [2.45, 2.75) is 51.0 Å². The van der Waals surface area contributed by atoms with E-state index in [0.717, 1.165) is 57.8 Å². The summed E-state index contributed by atoms with van der Waals surface area (Å²) in [4.78, 5) is 14.1. The first-order valence-electron chi connectivity index (χ1n) is 7.74. The summed E-state index contributed by atoms with van der Waals surface area (Å²) < 4.78 is 5.36. The molecule has 19 heavy (non-hydrogen) atoms. The molecule has 0 aromatic carbocycles. The highest BCUT2D eigenvalue weighted by molar-refractivity contribution is 5.76. The van der Waals surface area contributed by atoms with Gasteiger partial charge in [-0.05, 0) is 43.9 Å². The summed E-state index contributed by atoms with van der Waals surface area (Å²) in [6.45, 7) is 2.66. The molecule has 2 atom stereocenters. The van der Waals surface area contributed by atoms with Gasteiger partial charge < -0.3 is 15.4 Å². The Labute approximate surface area is 116 Å². The van der Waals surface area contributed by atoms with Crippen molar-refractivity contribution in [2.24, 2.45) is 17.6 Å². The second kappa shape index (κ2) is 7.25. The molecule has 2 aliphatic rings. The highest BCUT2D eigenvalue weighted by Crippen LogP contribution is 2.27. The van der Waals surface area contributed by atoms with Crippen molar-refractivity contribution in [2.75, 3.05) is 26.8 Å². The number of ether oxygens (including phenoxy) is 1. The number of carbonyl (C=O) groups excluding carboxylic acids is 1. The molecule has 0 aromatic rings. The molecule has 2 rings (SSSR count). The van der Waals surface area contributed by atoms with Gasteiger partial charge in [0, 0.05) is 39.3 Å². The average molecular weight is 268 g/mol. The Kier molecular flexibility index (Phi) is 5.64. The fourth-order valence-electron chi connectivity index (χ4n) is 3.24. The fourth-order valence-corrected chi connectivity index (χ4v) is 3.24. The zero-order valence-corrected chi connectivity index (χ0v) is 12.1. The van der Waals surface area contributed by atoms with E-state index in [0.29, 0.717) is 12.3 Å². The van der Waals surface area contributed by atoms with E-state index in [1.165, 1.54) is 6.42 Å². The summed E-state index contributed by atoms with van der Waals surface area (Å²) in [6, 6.07) is 0.243. The molecule has 1 saturated heterocycles. The van der Waals surface area contributed by atoms with Gasteiger partial charge in [0.1, 0.15) is 0 Å². The highest BCUT2D eigenvalue weighted by atomic mass is 16.5. The van der Waals surface area contributed by atoms with Crippen LogP contribution in [0, 0.1) is 11.8 Å². The molecule has 4 heteroatoms. The quantitative estimate of drug-likeness (QED) is 0.827. The summed E-state index contributed by atoms with van der Waals surface area (Å²) in [5.74, 6) is 1.42. The van der Waals surface area contributed by atoms with Crippen molar-refractivity contribution < 1.29 is 9.53 Å². The molecule has 0 bridgehead atoms. The average Bonchev–Trinajstić information content (AvgIpc) is 2.82. The molecule has 1 aliphatic heterocycles. The first-order chi connectivity index (χ1) is 9.16. The van der Waals surface area contributed by atoms with Gasteiger partial charge in [0.25, 0.3) is 0 Å². The first-order valence-corrected chi connectivity index (χ1v) is 7.74. The number of hydrogen-bond acceptors (Lipinski definition) is 3. The molecular formula is C15H28N2O2. The van der Waals surface area contributed by atoms with Crippen molar-refractivity contribution in [1.29, 1.82) is 0 Å². The molecule has 1 amide bonds. The number of rotatable bonds is 5. The molecule has 0 radical (unpaired) electrons. The predicted octanol–water partition coefficient (Wildman–Crippen LogP) is 1.78. The second-order valence-corrected chi connectivity index (χ2v) is 6.22. The summed E-state index contributed by atoms with van der Waals surface area (Å²) in [5, 5.41) is 0. The van der Waals surface area contributed by atoms with Gasteiger partial charge in [0.05, 0.1) is 0 Å². The molecule has 2 N–H and O–H groups in total. The number of amides is 1. The number of hydrogen-bond donors (Lipinski definition) is 1. The van der Waals surface area contributed by atoms with Crippen LogP contribution in [0.25, 0.3) is 0 Å². The van der Waals surface area contributed by atoms with Gasteiger partial charge in [-0.3, -0.25) is 4.79 Å². The van der Waals surface area contributed by atoms with Crippen LogP contribution in [-0.4, -0.2) is 43.7 Å². The smallest absolute Gasteiger partial charge is 0.222 e. The Morgan fingerprint density at radius 3 is 2.63 bits per heavy atom. The predicted molar refractivity (Wildman–Crippen MR) is 75.7 cm³/mol. The molecule has 4 nitrogen and oxygen atoms in total. The minimum atomic E-state index is 0.243. The Morgan fingerprint density at radius 1 is 1.26 bits per heavy atom. The minimum Gasteiger partial charge on any atom is -0.381 e. The third-order valence-electron chi connectivity index (χ3n) is 4.79. The fraction of sp³-hybridized carbons (Fsp3) is 0.933. The molecule has 110 valence electrons. The van der Waals surface area contributed by atoms with E-state index in [9.17, 15) is 4.79 Å². The SMILES string of the molecule is CN(CCC1CCOCC1)C(=O)C[C@@H]1CCC[C@H]1N. The van der Waals surface area contributed by atoms with Gasteiger partial charge in [0.15, 0.2) is 0 Å². The molecule has 0 aromatic heterocycles. The lowest BCUT2D eigenvalue weighted by Gasteiger charge is -2.26. The van der Waals surface area contributed by atoms with E-state index < -0.39 is 0 Å². The van der Waals surface area contributed by atoms with Crippen LogP contribution < -0.4 is 5.73 Å². The lowest BCUT2D eigenvalue weighted by molar-refractivity contribution is -0.131. The van der Waals surface area contributed by atoms with Crippen LogP contribution in [-0.2, 0) is 9.53 Å². The second-order valence-electron chi connectivity index (χ2n) is 6.22. The summed E-state index contributed by atoms with van der Waals surface area (Å²) in [7, 11) is 1.93. The number of nitrogens with zero attached hydrogens (tertiary/aromatic N) is 1. The van der Waals surface area contributed by atoms with Crippen LogP contribution >= 0.6 is 0 Å². The van der Waals surface area contributed by atoms with Crippen LogP contribution in [0.4, 0.5) is 0 Å². The van der Waals surface area contributed by atoms with Gasteiger partial charge in [-0.25, -0.2) is 0 Å². The Hall–Kier alpha value is -0.610. The monoisotopic (exact) mass is 268 g/mol. The van der Waals surface area contributed by atoms with Crippen molar-refractivity contribution in [1.82, 2.24) is 4.90 Å². The van der Waals surface area contributed by atoms with E-state index in [1.807, 2.05) is 11.9 Å². The van der Waals surface area contributed by atoms with Gasteiger partial charge in [-0.15, -0.1) is 0 Å². The van der Waals surface area contributed by atoms with Crippen molar-refractivity contribution in [3.8, 4) is 0 Å². The van der Waals surface area contributed by atoms with Crippen LogP contribution in [0.15, 0.2) is 0 Å². The van der Waals surface area contributed by atoms with Crippen LogP contribution in [0.1, 0.15) is 44.9 Å². The van der Waals surface area contributed by atoms with Crippen molar-refractivity contribution in [3.63, 3.8) is 0 Å². The van der Waals surface area contributed by atoms with E-state index in [1.54, 1.807) is 0 Å². The lowest BCUT2D eigenvalue weighted by atomic mass is 9.96. The molecular weight excluding hydrogens is 240 g/mol. The van der Waals surface area contributed by atoms with Crippen LogP contribution in [0.3, 0.4) is 0 Å². The summed E-state index contributed by atoms with van der Waals surface area (Å²) in [6.07, 6.45) is 7.45. The standard InChI is InChI=1S/C15H28N2O2/c1-17(8-5-12-6-9-19-10-7-12)15(18)11-13-3-2-4-14(13)16/h12-14H,2-11,16H2,1H3/t13-,14+/m0/s1. The van der Waals surface area contributed by atoms with Crippen LogP contribution in [0.5, 0.6) is 0 Å². The van der Waals surface area contributed by atoms with Crippen molar-refractivity contribution >= 4 is 5.91 Å². The Balaban J connectivity index is 1.66. The zero-order valence-electron chi connectivity index (χ0n) is 12.1. The van der Waals surface area contributed by atoms with Crippen LogP contribution in [0.2, 0.25) is 0 Å². The largest absolute Gasteiger partial charge is 0.381 e. The lowest BCUT2D eigenvalue weighted by Crippen LogP contribution is -2.34. The van der Waals surface area contributed by atoms with Gasteiger partial charge >= 0.3 is 0 Å². The molecule has 2 fully saturated rings. The summed E-state index contributed by atoms with van der Waals surface area (Å²) in [5.41, 5.74) is 6.03. The topological polar surface area (TPSA) is 55.6 Å². The van der Waals surface area contributed by atoms with E-state index >= 15 is 0 Å². The van der Waals surface area contributed by atoms with E-state index in [2.05, 4.69) is 0 Å². The third-order valence-corrected chi connectivity index (χ3v) is 4.79. The maximum absolute atomic E-state index is 12.2. The molecule has 1 aliphatic carbocycles. The van der Waals surface area contributed by atoms with Gasteiger partial charge in [-0.2, -0.15) is 0 Å². The summed E-state index contributed by atoms with van der Waals surface area (Å²) >= 11 is 0. The Morgan fingerprint density at radius 2 is 2.00 bits per heavy atom.